The molecule has 1 saturated heterocycles. The number of nitrogens with one attached hydrogen (secondary N) is 2. The number of imidazole rings is 1. The van der Waals surface area contributed by atoms with E-state index in [1.165, 1.54) is 0 Å². The minimum absolute atomic E-state index is 0.261. The SMILES string of the molecule is O=C(O)C(Cc1ccccc1)NC(=O)N1CCC(c2nc3ccccc3[nH]2)CC1. The number of amides is 2. The van der Waals surface area contributed by atoms with E-state index in [0.717, 1.165) is 35.3 Å². The number of para-hydroxylation sites is 2. The van der Waals surface area contributed by atoms with Crippen LogP contribution in [0.5, 0.6) is 0 Å². The van der Waals surface area contributed by atoms with Gasteiger partial charge < -0.3 is 20.3 Å². The van der Waals surface area contributed by atoms with Crippen molar-refractivity contribution in [1.82, 2.24) is 20.2 Å². The Labute approximate surface area is 168 Å². The zero-order valence-electron chi connectivity index (χ0n) is 16.0. The van der Waals surface area contributed by atoms with Crippen molar-refractivity contribution < 1.29 is 14.7 Å². The van der Waals surface area contributed by atoms with Gasteiger partial charge in [0.05, 0.1) is 11.0 Å². The maximum Gasteiger partial charge on any atom is 0.326 e. The van der Waals surface area contributed by atoms with Crippen LogP contribution in [0.2, 0.25) is 0 Å². The molecule has 1 aliphatic rings. The number of H-pyrrole nitrogens is 1. The molecule has 0 spiro atoms. The third-order valence-electron chi connectivity index (χ3n) is 5.46. The Morgan fingerprint density at radius 3 is 2.48 bits per heavy atom. The number of carboxylic acid groups (broad SMARTS) is 1. The maximum atomic E-state index is 12.6. The van der Waals surface area contributed by atoms with Crippen LogP contribution >= 0.6 is 0 Å². The van der Waals surface area contributed by atoms with Crippen LogP contribution in [0.15, 0.2) is 54.6 Å². The molecule has 3 aromatic rings. The summed E-state index contributed by atoms with van der Waals surface area (Å²) in [5.41, 5.74) is 2.85. The van der Waals surface area contributed by atoms with Gasteiger partial charge in [-0.3, -0.25) is 0 Å². The zero-order chi connectivity index (χ0) is 20.2. The third-order valence-corrected chi connectivity index (χ3v) is 5.46. The molecule has 1 aliphatic heterocycles. The average Bonchev–Trinajstić information content (AvgIpc) is 3.18. The number of carboxylic acids is 1. The summed E-state index contributed by atoms with van der Waals surface area (Å²) in [6.07, 6.45) is 1.85. The molecule has 3 N–H and O–H groups in total. The van der Waals surface area contributed by atoms with E-state index in [2.05, 4.69) is 15.3 Å². The van der Waals surface area contributed by atoms with Crippen LogP contribution in [0.25, 0.3) is 11.0 Å². The fourth-order valence-electron chi connectivity index (χ4n) is 3.81. The molecule has 2 amide bonds. The number of aromatic amines is 1. The fraction of sp³-hybridized carbons (Fsp3) is 0.318. The molecule has 1 atom stereocenters. The standard InChI is InChI=1S/C22H24N4O3/c27-21(28)19(14-15-6-2-1-3-7-15)25-22(29)26-12-10-16(11-13-26)20-23-17-8-4-5-9-18(17)24-20/h1-9,16,19H,10-14H2,(H,23,24)(H,25,29)(H,27,28). The smallest absolute Gasteiger partial charge is 0.326 e. The number of fused-ring (bicyclic) bond motifs is 1. The normalized spacial score (nSPS) is 15.9. The second-order valence-corrected chi connectivity index (χ2v) is 7.43. The lowest BCUT2D eigenvalue weighted by atomic mass is 9.96. The average molecular weight is 392 g/mol. The molecule has 0 saturated carbocycles. The van der Waals surface area contributed by atoms with Gasteiger partial charge in [0.25, 0.3) is 0 Å². The van der Waals surface area contributed by atoms with Gasteiger partial charge in [-0.15, -0.1) is 0 Å². The molecule has 4 rings (SSSR count). The first-order valence-corrected chi connectivity index (χ1v) is 9.87. The minimum atomic E-state index is -1.03. The topological polar surface area (TPSA) is 98.3 Å². The Hall–Kier alpha value is -3.35. The first-order chi connectivity index (χ1) is 14.1. The van der Waals surface area contributed by atoms with Gasteiger partial charge in [0.15, 0.2) is 0 Å². The second-order valence-electron chi connectivity index (χ2n) is 7.43. The Morgan fingerprint density at radius 2 is 1.79 bits per heavy atom. The molecular weight excluding hydrogens is 368 g/mol. The van der Waals surface area contributed by atoms with Crippen LogP contribution in [-0.2, 0) is 11.2 Å². The molecular formula is C22H24N4O3. The molecule has 2 heterocycles. The number of urea groups is 1. The maximum absolute atomic E-state index is 12.6. The summed E-state index contributed by atoms with van der Waals surface area (Å²) in [7, 11) is 0. The Balaban J connectivity index is 1.34. The van der Waals surface area contributed by atoms with E-state index in [9.17, 15) is 14.7 Å². The van der Waals surface area contributed by atoms with Crippen molar-refractivity contribution in [3.63, 3.8) is 0 Å². The number of carbonyl (C=O) groups is 2. The number of aliphatic carboxylic acids is 1. The fourth-order valence-corrected chi connectivity index (χ4v) is 3.81. The first-order valence-electron chi connectivity index (χ1n) is 9.87. The number of hydrogen-bond donors (Lipinski definition) is 3. The largest absolute Gasteiger partial charge is 0.480 e. The van der Waals surface area contributed by atoms with Crippen molar-refractivity contribution in [1.29, 1.82) is 0 Å². The number of rotatable bonds is 5. The molecule has 7 heteroatoms. The van der Waals surface area contributed by atoms with Crippen molar-refractivity contribution >= 4 is 23.0 Å². The van der Waals surface area contributed by atoms with E-state index in [0.29, 0.717) is 13.1 Å². The lowest BCUT2D eigenvalue weighted by molar-refractivity contribution is -0.139. The lowest BCUT2D eigenvalue weighted by Gasteiger charge is -2.32. The summed E-state index contributed by atoms with van der Waals surface area (Å²) in [4.78, 5) is 34.0. The Bertz CT molecular complexity index is 960. The summed E-state index contributed by atoms with van der Waals surface area (Å²) in [5.74, 6) is 0.198. The monoisotopic (exact) mass is 392 g/mol. The zero-order valence-corrected chi connectivity index (χ0v) is 16.0. The highest BCUT2D eigenvalue weighted by molar-refractivity contribution is 5.83. The van der Waals surface area contributed by atoms with Crippen LogP contribution in [0, 0.1) is 0 Å². The van der Waals surface area contributed by atoms with Crippen LogP contribution in [0.3, 0.4) is 0 Å². The van der Waals surface area contributed by atoms with Gasteiger partial charge in [-0.2, -0.15) is 0 Å². The number of benzene rings is 2. The summed E-state index contributed by atoms with van der Waals surface area (Å²) in [5, 5.41) is 12.2. The number of piperidine rings is 1. The second kappa shape index (κ2) is 8.34. The van der Waals surface area contributed by atoms with Crippen molar-refractivity contribution in [3.8, 4) is 0 Å². The van der Waals surface area contributed by atoms with E-state index in [1.54, 1.807) is 4.90 Å². The molecule has 0 bridgehead atoms. The van der Waals surface area contributed by atoms with Gasteiger partial charge in [0.1, 0.15) is 11.9 Å². The van der Waals surface area contributed by atoms with Crippen LogP contribution in [0.4, 0.5) is 4.79 Å². The highest BCUT2D eigenvalue weighted by atomic mass is 16.4. The van der Waals surface area contributed by atoms with Gasteiger partial charge in [-0.05, 0) is 30.5 Å². The van der Waals surface area contributed by atoms with E-state index in [-0.39, 0.29) is 18.4 Å². The molecule has 0 radical (unpaired) electrons. The number of hydrogen-bond acceptors (Lipinski definition) is 3. The minimum Gasteiger partial charge on any atom is -0.480 e. The van der Waals surface area contributed by atoms with Gasteiger partial charge in [0.2, 0.25) is 0 Å². The van der Waals surface area contributed by atoms with Crippen molar-refractivity contribution in [3.05, 3.63) is 66.0 Å². The van der Waals surface area contributed by atoms with E-state index in [1.807, 2.05) is 54.6 Å². The van der Waals surface area contributed by atoms with Gasteiger partial charge in [-0.1, -0.05) is 42.5 Å². The number of aromatic nitrogens is 2. The predicted octanol–water partition coefficient (Wildman–Crippen LogP) is 3.15. The Kier molecular flexibility index (Phi) is 5.46. The summed E-state index contributed by atoms with van der Waals surface area (Å²) < 4.78 is 0. The molecule has 0 aliphatic carbocycles. The summed E-state index contributed by atoms with van der Waals surface area (Å²) in [6, 6.07) is 16.0. The van der Waals surface area contributed by atoms with Crippen LogP contribution < -0.4 is 5.32 Å². The molecule has 150 valence electrons. The molecule has 1 fully saturated rings. The summed E-state index contributed by atoms with van der Waals surface area (Å²) in [6.45, 7) is 1.15. The molecule has 29 heavy (non-hydrogen) atoms. The van der Waals surface area contributed by atoms with Crippen LogP contribution in [0.1, 0.15) is 30.1 Å². The number of likely N-dealkylation sites (tertiary alicyclic amines) is 1. The van der Waals surface area contributed by atoms with E-state index in [4.69, 9.17) is 0 Å². The number of carbonyl (C=O) groups excluding carboxylic acids is 1. The Morgan fingerprint density at radius 1 is 1.10 bits per heavy atom. The predicted molar refractivity (Wildman–Crippen MR) is 110 cm³/mol. The van der Waals surface area contributed by atoms with Crippen molar-refractivity contribution in [2.75, 3.05) is 13.1 Å². The molecule has 2 aromatic carbocycles. The van der Waals surface area contributed by atoms with Gasteiger partial charge >= 0.3 is 12.0 Å². The van der Waals surface area contributed by atoms with Gasteiger partial charge in [-0.25, -0.2) is 14.6 Å². The van der Waals surface area contributed by atoms with Gasteiger partial charge in [0, 0.05) is 25.4 Å². The highest BCUT2D eigenvalue weighted by Crippen LogP contribution is 2.27. The quantitative estimate of drug-likeness (QED) is 0.621. The third kappa shape index (κ3) is 4.39. The summed E-state index contributed by atoms with van der Waals surface area (Å²) >= 11 is 0. The van der Waals surface area contributed by atoms with Crippen molar-refractivity contribution in [2.24, 2.45) is 0 Å². The van der Waals surface area contributed by atoms with Crippen LogP contribution in [-0.4, -0.2) is 51.1 Å². The highest BCUT2D eigenvalue weighted by Gasteiger charge is 2.28. The van der Waals surface area contributed by atoms with E-state index < -0.39 is 12.0 Å². The first kappa shape index (κ1) is 19.0. The molecule has 1 unspecified atom stereocenters. The van der Waals surface area contributed by atoms with E-state index >= 15 is 0 Å². The molecule has 7 nitrogen and oxygen atoms in total. The van der Waals surface area contributed by atoms with Crippen molar-refractivity contribution in [2.45, 2.75) is 31.2 Å². The molecule has 1 aromatic heterocycles. The number of nitrogens with zero attached hydrogens (tertiary/aromatic N) is 2. The lowest BCUT2D eigenvalue weighted by Crippen LogP contribution is -2.50.